The monoisotopic (exact) mass is 350 g/mol. The van der Waals surface area contributed by atoms with E-state index in [0.29, 0.717) is 28.0 Å². The van der Waals surface area contributed by atoms with Crippen LogP contribution in [0.4, 0.5) is 13.2 Å². The Balaban J connectivity index is 1.76. The van der Waals surface area contributed by atoms with Crippen LogP contribution in [0, 0.1) is 0 Å². The van der Waals surface area contributed by atoms with E-state index in [0.717, 1.165) is 12.1 Å². The molecule has 8 heteroatoms. The Morgan fingerprint density at radius 1 is 1.20 bits per heavy atom. The Kier molecular flexibility index (Phi) is 4.35. The number of fused-ring (bicyclic) bond motifs is 1. The molecule has 1 aromatic carbocycles. The number of hydrogen-bond donors (Lipinski definition) is 1. The van der Waals surface area contributed by atoms with Crippen LogP contribution in [0.15, 0.2) is 42.6 Å². The van der Waals surface area contributed by atoms with Crippen LogP contribution in [-0.2, 0) is 17.5 Å². The lowest BCUT2D eigenvalue weighted by atomic mass is 10.2. The first-order chi connectivity index (χ1) is 11.9. The number of halogens is 3. The van der Waals surface area contributed by atoms with E-state index in [4.69, 9.17) is 9.47 Å². The smallest absolute Gasteiger partial charge is 0.416 e. The molecule has 2 heterocycles. The Morgan fingerprint density at radius 2 is 1.92 bits per heavy atom. The number of nitrogens with zero attached hydrogens (tertiary/aromatic N) is 1. The van der Waals surface area contributed by atoms with Gasteiger partial charge in [-0.25, -0.2) is 4.79 Å². The van der Waals surface area contributed by atoms with Crippen molar-refractivity contribution in [2.45, 2.75) is 12.8 Å². The van der Waals surface area contributed by atoms with Gasteiger partial charge in [-0.2, -0.15) is 13.2 Å². The highest BCUT2D eigenvalue weighted by molar-refractivity contribution is 6.01. The molecule has 5 nitrogen and oxygen atoms in total. The number of carbonyl (C=O) groups is 1. The van der Waals surface area contributed by atoms with E-state index in [1.807, 2.05) is 0 Å². The van der Waals surface area contributed by atoms with Gasteiger partial charge in [0.25, 0.3) is 0 Å². The van der Waals surface area contributed by atoms with Crippen LogP contribution < -0.4 is 4.74 Å². The summed E-state index contributed by atoms with van der Waals surface area (Å²) in [5, 5.41) is 0. The minimum atomic E-state index is -4.38. The van der Waals surface area contributed by atoms with E-state index in [1.165, 1.54) is 31.5 Å². The third-order valence-corrected chi connectivity index (χ3v) is 3.56. The molecule has 3 aromatic rings. The van der Waals surface area contributed by atoms with Crippen LogP contribution in [0.25, 0.3) is 11.0 Å². The first-order valence-corrected chi connectivity index (χ1v) is 7.23. The van der Waals surface area contributed by atoms with E-state index in [9.17, 15) is 18.0 Å². The molecule has 1 N–H and O–H groups in total. The summed E-state index contributed by atoms with van der Waals surface area (Å²) in [5.74, 6) is -0.197. The van der Waals surface area contributed by atoms with Crippen molar-refractivity contribution in [2.24, 2.45) is 0 Å². The Bertz CT molecular complexity index is 902. The van der Waals surface area contributed by atoms with Gasteiger partial charge in [-0.3, -0.25) is 4.98 Å². The van der Waals surface area contributed by atoms with E-state index in [1.54, 1.807) is 6.07 Å². The van der Waals surface area contributed by atoms with E-state index in [2.05, 4.69) is 9.97 Å². The lowest BCUT2D eigenvalue weighted by Crippen LogP contribution is -2.04. The fraction of sp³-hybridized carbons (Fsp3) is 0.176. The molecular formula is C17H13F3N2O3. The van der Waals surface area contributed by atoms with Gasteiger partial charge in [-0.15, -0.1) is 0 Å². The van der Waals surface area contributed by atoms with Crippen LogP contribution in [0.3, 0.4) is 0 Å². The Hall–Kier alpha value is -3.03. The van der Waals surface area contributed by atoms with E-state index >= 15 is 0 Å². The summed E-state index contributed by atoms with van der Waals surface area (Å²) < 4.78 is 47.8. The van der Waals surface area contributed by atoms with Crippen molar-refractivity contribution in [3.05, 3.63) is 59.4 Å². The van der Waals surface area contributed by atoms with Crippen LogP contribution in [-0.4, -0.2) is 23.0 Å². The van der Waals surface area contributed by atoms with Crippen molar-refractivity contribution in [3.63, 3.8) is 0 Å². The number of nitrogens with one attached hydrogen (secondary N) is 1. The number of benzene rings is 1. The number of esters is 1. The SMILES string of the molecule is COC(=O)c1ccnc2cc(COc3ccc(C(F)(F)F)cc3)[nH]c12. The summed E-state index contributed by atoms with van der Waals surface area (Å²) in [5.41, 5.74) is 1.30. The van der Waals surface area contributed by atoms with Gasteiger partial charge in [0.15, 0.2) is 0 Å². The minimum absolute atomic E-state index is 0.0857. The molecular weight excluding hydrogens is 337 g/mol. The Morgan fingerprint density at radius 3 is 2.56 bits per heavy atom. The van der Waals surface area contributed by atoms with Gasteiger partial charge in [0.2, 0.25) is 0 Å². The van der Waals surface area contributed by atoms with Crippen LogP contribution in [0.1, 0.15) is 21.6 Å². The zero-order chi connectivity index (χ0) is 18.0. The number of alkyl halides is 3. The molecule has 0 unspecified atom stereocenters. The summed E-state index contributed by atoms with van der Waals surface area (Å²) in [4.78, 5) is 18.9. The fourth-order valence-electron chi connectivity index (χ4n) is 2.34. The highest BCUT2D eigenvalue weighted by Gasteiger charge is 2.30. The second-order valence-corrected chi connectivity index (χ2v) is 5.22. The molecule has 0 bridgehead atoms. The second-order valence-electron chi connectivity index (χ2n) is 5.22. The van der Waals surface area contributed by atoms with Crippen molar-refractivity contribution < 1.29 is 27.4 Å². The number of aromatic amines is 1. The maximum Gasteiger partial charge on any atom is 0.416 e. The first-order valence-electron chi connectivity index (χ1n) is 7.23. The molecule has 0 saturated carbocycles. The summed E-state index contributed by atoms with van der Waals surface area (Å²) in [6.45, 7) is 0.0857. The summed E-state index contributed by atoms with van der Waals surface area (Å²) in [7, 11) is 1.28. The zero-order valence-electron chi connectivity index (χ0n) is 13.1. The van der Waals surface area contributed by atoms with Crippen LogP contribution >= 0.6 is 0 Å². The normalized spacial score (nSPS) is 11.5. The summed E-state index contributed by atoms with van der Waals surface area (Å²) in [6, 6.07) is 7.65. The quantitative estimate of drug-likeness (QED) is 0.724. The molecule has 0 atom stereocenters. The van der Waals surface area contributed by atoms with Gasteiger partial charge in [0.05, 0.1) is 35.0 Å². The maximum absolute atomic E-state index is 12.5. The summed E-state index contributed by atoms with van der Waals surface area (Å²) in [6.07, 6.45) is -2.89. The molecule has 0 aliphatic carbocycles. The predicted molar refractivity (Wildman–Crippen MR) is 83.2 cm³/mol. The molecule has 0 spiro atoms. The maximum atomic E-state index is 12.5. The largest absolute Gasteiger partial charge is 0.487 e. The second kappa shape index (κ2) is 6.46. The van der Waals surface area contributed by atoms with Gasteiger partial charge >= 0.3 is 12.1 Å². The number of hydrogen-bond acceptors (Lipinski definition) is 4. The third kappa shape index (κ3) is 3.57. The van der Waals surface area contributed by atoms with E-state index < -0.39 is 17.7 Å². The number of carbonyl (C=O) groups excluding carboxylic acids is 1. The van der Waals surface area contributed by atoms with Crippen molar-refractivity contribution in [3.8, 4) is 5.75 Å². The van der Waals surface area contributed by atoms with Gasteiger partial charge in [0.1, 0.15) is 12.4 Å². The lowest BCUT2D eigenvalue weighted by Gasteiger charge is -2.08. The predicted octanol–water partition coefficient (Wildman–Crippen LogP) is 3.95. The third-order valence-electron chi connectivity index (χ3n) is 3.56. The lowest BCUT2D eigenvalue weighted by molar-refractivity contribution is -0.137. The van der Waals surface area contributed by atoms with Crippen molar-refractivity contribution in [1.82, 2.24) is 9.97 Å². The topological polar surface area (TPSA) is 64.2 Å². The standard InChI is InChI=1S/C17H13F3N2O3/c1-24-16(23)13-6-7-21-14-8-11(22-15(13)14)9-25-12-4-2-10(3-5-12)17(18,19)20/h2-8,22H,9H2,1H3. The van der Waals surface area contributed by atoms with Gasteiger partial charge < -0.3 is 14.5 Å². The fourth-order valence-corrected chi connectivity index (χ4v) is 2.34. The van der Waals surface area contributed by atoms with Gasteiger partial charge in [0, 0.05) is 6.20 Å². The molecule has 0 amide bonds. The average molecular weight is 350 g/mol. The number of pyridine rings is 1. The number of H-pyrrole nitrogens is 1. The van der Waals surface area contributed by atoms with Gasteiger partial charge in [-0.05, 0) is 36.4 Å². The van der Waals surface area contributed by atoms with Crippen LogP contribution in [0.5, 0.6) is 5.75 Å². The molecule has 130 valence electrons. The molecule has 0 saturated heterocycles. The minimum Gasteiger partial charge on any atom is -0.487 e. The van der Waals surface area contributed by atoms with Crippen molar-refractivity contribution in [2.75, 3.05) is 7.11 Å². The average Bonchev–Trinajstić information content (AvgIpc) is 3.02. The molecule has 2 aromatic heterocycles. The number of aromatic nitrogens is 2. The molecule has 25 heavy (non-hydrogen) atoms. The molecule has 0 aliphatic rings. The van der Waals surface area contributed by atoms with Gasteiger partial charge in [-0.1, -0.05) is 0 Å². The molecule has 0 radical (unpaired) electrons. The number of methoxy groups -OCH3 is 1. The first kappa shape index (κ1) is 16.8. The van der Waals surface area contributed by atoms with E-state index in [-0.39, 0.29) is 6.61 Å². The number of ether oxygens (including phenoxy) is 2. The zero-order valence-corrected chi connectivity index (χ0v) is 13.1. The highest BCUT2D eigenvalue weighted by atomic mass is 19.4. The molecule has 0 aliphatic heterocycles. The van der Waals surface area contributed by atoms with Crippen LogP contribution in [0.2, 0.25) is 0 Å². The molecule has 0 fully saturated rings. The highest BCUT2D eigenvalue weighted by Crippen LogP contribution is 2.30. The van der Waals surface area contributed by atoms with Crippen molar-refractivity contribution in [1.29, 1.82) is 0 Å². The summed E-state index contributed by atoms with van der Waals surface area (Å²) >= 11 is 0. The Labute approximate surface area is 140 Å². The number of rotatable bonds is 4. The molecule has 3 rings (SSSR count). The van der Waals surface area contributed by atoms with Crippen molar-refractivity contribution >= 4 is 17.0 Å².